The van der Waals surface area contributed by atoms with Crippen molar-refractivity contribution in [2.24, 2.45) is 0 Å². The summed E-state index contributed by atoms with van der Waals surface area (Å²) in [5.74, 6) is -0.897. The van der Waals surface area contributed by atoms with E-state index in [9.17, 15) is 9.90 Å². The highest BCUT2D eigenvalue weighted by Gasteiger charge is 2.21. The normalized spacial score (nSPS) is 17.0. The van der Waals surface area contributed by atoms with Crippen LogP contribution in [-0.2, 0) is 0 Å². The number of hydrogen-bond acceptors (Lipinski definition) is 3. The average molecular weight is 290 g/mol. The fraction of sp³-hybridized carbons (Fsp3) is 0.467. The summed E-state index contributed by atoms with van der Waals surface area (Å²) in [6, 6.07) is 2.28. The van der Waals surface area contributed by atoms with Gasteiger partial charge in [-0.15, -0.1) is 0 Å². The Morgan fingerprint density at radius 2 is 2.05 bits per heavy atom. The summed E-state index contributed by atoms with van der Waals surface area (Å²) in [7, 11) is 0. The molecule has 1 saturated carbocycles. The summed E-state index contributed by atoms with van der Waals surface area (Å²) in [5.41, 5.74) is 1.82. The summed E-state index contributed by atoms with van der Waals surface area (Å²) in [5, 5.41) is 17.9. The SMILES string of the molecule is O=C(O)c1cn(C2CCCCCC2)nc1-c1ccsc1. The Morgan fingerprint density at radius 3 is 2.65 bits per heavy atom. The standard InChI is InChI=1S/C15H18N2O2S/c18-15(19)13-9-17(12-5-3-1-2-4-6-12)16-14(13)11-7-8-20-10-11/h7-10,12H,1-6H2,(H,18,19). The monoisotopic (exact) mass is 290 g/mol. The van der Waals surface area contributed by atoms with E-state index in [0.717, 1.165) is 18.4 Å². The third-order valence-electron chi connectivity index (χ3n) is 3.96. The summed E-state index contributed by atoms with van der Waals surface area (Å²) >= 11 is 1.56. The van der Waals surface area contributed by atoms with Gasteiger partial charge in [0, 0.05) is 17.1 Å². The molecule has 1 fully saturated rings. The van der Waals surface area contributed by atoms with Crippen LogP contribution in [0.25, 0.3) is 11.3 Å². The molecule has 0 aliphatic heterocycles. The van der Waals surface area contributed by atoms with E-state index in [2.05, 4.69) is 5.10 Å². The first kappa shape index (κ1) is 13.4. The van der Waals surface area contributed by atoms with E-state index in [1.54, 1.807) is 17.5 Å². The molecule has 0 aromatic carbocycles. The highest BCUT2D eigenvalue weighted by atomic mass is 32.1. The van der Waals surface area contributed by atoms with Gasteiger partial charge in [0.2, 0.25) is 0 Å². The van der Waals surface area contributed by atoms with Crippen molar-refractivity contribution in [1.82, 2.24) is 9.78 Å². The second-order valence-corrected chi connectivity index (χ2v) is 6.11. The molecule has 0 radical (unpaired) electrons. The molecule has 2 aromatic rings. The zero-order chi connectivity index (χ0) is 13.9. The molecule has 0 atom stereocenters. The molecular formula is C15H18N2O2S. The molecule has 0 bridgehead atoms. The van der Waals surface area contributed by atoms with Gasteiger partial charge in [-0.3, -0.25) is 4.68 Å². The molecular weight excluding hydrogens is 272 g/mol. The van der Waals surface area contributed by atoms with Crippen molar-refractivity contribution < 1.29 is 9.90 Å². The Kier molecular flexibility index (Phi) is 3.87. The van der Waals surface area contributed by atoms with Crippen LogP contribution in [0, 0.1) is 0 Å². The average Bonchev–Trinajstić information content (AvgIpc) is 3.02. The molecule has 1 aliphatic rings. The van der Waals surface area contributed by atoms with Crippen molar-refractivity contribution >= 4 is 17.3 Å². The van der Waals surface area contributed by atoms with Gasteiger partial charge in [-0.05, 0) is 24.3 Å². The number of hydrogen-bond donors (Lipinski definition) is 1. The lowest BCUT2D eigenvalue weighted by Crippen LogP contribution is -2.08. The Hall–Kier alpha value is -1.62. The third-order valence-corrected chi connectivity index (χ3v) is 4.64. The Morgan fingerprint density at radius 1 is 1.30 bits per heavy atom. The van der Waals surface area contributed by atoms with Crippen molar-refractivity contribution in [2.45, 2.75) is 44.6 Å². The number of thiophene rings is 1. The van der Waals surface area contributed by atoms with Gasteiger partial charge in [0.25, 0.3) is 0 Å². The van der Waals surface area contributed by atoms with Crippen molar-refractivity contribution in [1.29, 1.82) is 0 Å². The predicted molar refractivity (Wildman–Crippen MR) is 79.2 cm³/mol. The fourth-order valence-corrected chi connectivity index (χ4v) is 3.51. The maximum atomic E-state index is 11.4. The molecule has 106 valence electrons. The van der Waals surface area contributed by atoms with Gasteiger partial charge in [0.15, 0.2) is 0 Å². The van der Waals surface area contributed by atoms with Crippen LogP contribution in [0.3, 0.4) is 0 Å². The smallest absolute Gasteiger partial charge is 0.339 e. The second-order valence-electron chi connectivity index (χ2n) is 5.33. The first-order valence-corrected chi connectivity index (χ1v) is 8.05. The van der Waals surface area contributed by atoms with E-state index in [4.69, 9.17) is 0 Å². The maximum Gasteiger partial charge on any atom is 0.339 e. The molecule has 20 heavy (non-hydrogen) atoms. The molecule has 3 rings (SSSR count). The van der Waals surface area contributed by atoms with Gasteiger partial charge in [-0.2, -0.15) is 16.4 Å². The predicted octanol–water partition coefficient (Wildman–Crippen LogP) is 4.21. The molecule has 4 nitrogen and oxygen atoms in total. The minimum absolute atomic E-state index is 0.313. The molecule has 0 saturated heterocycles. The summed E-state index contributed by atoms with van der Waals surface area (Å²) in [4.78, 5) is 11.4. The van der Waals surface area contributed by atoms with Gasteiger partial charge in [-0.25, -0.2) is 4.79 Å². The highest BCUT2D eigenvalue weighted by Crippen LogP contribution is 2.30. The van der Waals surface area contributed by atoms with E-state index in [1.165, 1.54) is 25.7 Å². The van der Waals surface area contributed by atoms with Crippen molar-refractivity contribution in [3.8, 4) is 11.3 Å². The largest absolute Gasteiger partial charge is 0.478 e. The lowest BCUT2D eigenvalue weighted by atomic mass is 10.1. The van der Waals surface area contributed by atoms with Crippen LogP contribution >= 0.6 is 11.3 Å². The van der Waals surface area contributed by atoms with Crippen LogP contribution in [0.4, 0.5) is 0 Å². The number of carboxylic acids is 1. The minimum Gasteiger partial charge on any atom is -0.478 e. The number of rotatable bonds is 3. The molecule has 1 N–H and O–H groups in total. The number of carboxylic acid groups (broad SMARTS) is 1. The molecule has 0 amide bonds. The number of aromatic carboxylic acids is 1. The summed E-state index contributed by atoms with van der Waals surface area (Å²) in [6.45, 7) is 0. The number of carbonyl (C=O) groups is 1. The fourth-order valence-electron chi connectivity index (χ4n) is 2.87. The highest BCUT2D eigenvalue weighted by molar-refractivity contribution is 7.08. The van der Waals surface area contributed by atoms with Gasteiger partial charge < -0.3 is 5.11 Å². The number of aromatic nitrogens is 2. The van der Waals surface area contributed by atoms with Gasteiger partial charge in [-0.1, -0.05) is 25.7 Å². The zero-order valence-corrected chi connectivity index (χ0v) is 12.1. The van der Waals surface area contributed by atoms with Crippen LogP contribution in [-0.4, -0.2) is 20.9 Å². The molecule has 0 spiro atoms. The topological polar surface area (TPSA) is 55.1 Å². The second kappa shape index (κ2) is 5.79. The van der Waals surface area contributed by atoms with Crippen LogP contribution < -0.4 is 0 Å². The van der Waals surface area contributed by atoms with E-state index >= 15 is 0 Å². The van der Waals surface area contributed by atoms with Crippen LogP contribution in [0.1, 0.15) is 54.9 Å². The van der Waals surface area contributed by atoms with Crippen LogP contribution in [0.15, 0.2) is 23.0 Å². The zero-order valence-electron chi connectivity index (χ0n) is 11.3. The van der Waals surface area contributed by atoms with Crippen LogP contribution in [0.5, 0.6) is 0 Å². The molecule has 5 heteroatoms. The third kappa shape index (κ3) is 2.63. The summed E-state index contributed by atoms with van der Waals surface area (Å²) < 4.78 is 1.89. The summed E-state index contributed by atoms with van der Waals surface area (Å²) in [6.07, 6.45) is 8.89. The first-order chi connectivity index (χ1) is 9.75. The molecule has 2 aromatic heterocycles. The minimum atomic E-state index is -0.897. The lowest BCUT2D eigenvalue weighted by Gasteiger charge is -2.14. The Balaban J connectivity index is 1.96. The first-order valence-electron chi connectivity index (χ1n) is 7.10. The van der Waals surface area contributed by atoms with Crippen molar-refractivity contribution in [3.63, 3.8) is 0 Å². The van der Waals surface area contributed by atoms with E-state index in [1.807, 2.05) is 21.5 Å². The quantitative estimate of drug-likeness (QED) is 0.862. The number of nitrogens with zero attached hydrogens (tertiary/aromatic N) is 2. The Labute approximate surface area is 122 Å². The molecule has 0 unspecified atom stereocenters. The van der Waals surface area contributed by atoms with Gasteiger partial charge in [0.05, 0.1) is 6.04 Å². The maximum absolute atomic E-state index is 11.4. The van der Waals surface area contributed by atoms with Crippen molar-refractivity contribution in [3.05, 3.63) is 28.6 Å². The van der Waals surface area contributed by atoms with Gasteiger partial charge in [0.1, 0.15) is 11.3 Å². The Bertz CT molecular complexity index is 581. The van der Waals surface area contributed by atoms with Gasteiger partial charge >= 0.3 is 5.97 Å². The van der Waals surface area contributed by atoms with E-state index in [-0.39, 0.29) is 0 Å². The molecule has 1 aliphatic carbocycles. The lowest BCUT2D eigenvalue weighted by molar-refractivity contribution is 0.0697. The molecule has 2 heterocycles. The van der Waals surface area contributed by atoms with Crippen LogP contribution in [0.2, 0.25) is 0 Å². The van der Waals surface area contributed by atoms with E-state index in [0.29, 0.717) is 17.3 Å². The van der Waals surface area contributed by atoms with E-state index < -0.39 is 5.97 Å². The van der Waals surface area contributed by atoms with Crippen molar-refractivity contribution in [2.75, 3.05) is 0 Å².